The number of hydrogen-bond acceptors (Lipinski definition) is 3. The first-order valence-corrected chi connectivity index (χ1v) is 4.30. The molecule has 1 heterocycles. The molecule has 13 heavy (non-hydrogen) atoms. The molecular weight excluding hydrogens is 186 g/mol. The number of rotatable bonds is 1. The standard InChI is InChI=1S/C9H10ClN3/c1-5(2)6-3-8(12)13-9(10)7(6)4-11/h3,5H,1-2H3,(H2,12,13). The highest BCUT2D eigenvalue weighted by molar-refractivity contribution is 6.30. The lowest BCUT2D eigenvalue weighted by molar-refractivity contribution is 0.859. The van der Waals surface area contributed by atoms with Crippen molar-refractivity contribution in [2.45, 2.75) is 19.8 Å². The topological polar surface area (TPSA) is 62.7 Å². The van der Waals surface area contributed by atoms with E-state index >= 15 is 0 Å². The smallest absolute Gasteiger partial charge is 0.149 e. The third-order valence-corrected chi connectivity index (χ3v) is 2.03. The number of nitrogens with zero attached hydrogens (tertiary/aromatic N) is 2. The largest absolute Gasteiger partial charge is 0.384 e. The maximum atomic E-state index is 8.82. The summed E-state index contributed by atoms with van der Waals surface area (Å²) in [5, 5.41) is 9.01. The van der Waals surface area contributed by atoms with E-state index < -0.39 is 0 Å². The fourth-order valence-corrected chi connectivity index (χ4v) is 1.37. The lowest BCUT2D eigenvalue weighted by Crippen LogP contribution is -1.99. The van der Waals surface area contributed by atoms with Crippen LogP contribution in [0.3, 0.4) is 0 Å². The summed E-state index contributed by atoms with van der Waals surface area (Å²) < 4.78 is 0. The van der Waals surface area contributed by atoms with Crippen LogP contribution in [0.5, 0.6) is 0 Å². The van der Waals surface area contributed by atoms with E-state index in [4.69, 9.17) is 22.6 Å². The minimum atomic E-state index is 0.186. The molecule has 1 aromatic rings. The molecule has 0 unspecified atom stereocenters. The van der Waals surface area contributed by atoms with Crippen molar-refractivity contribution < 1.29 is 0 Å². The van der Waals surface area contributed by atoms with Crippen LogP contribution in [0.2, 0.25) is 5.15 Å². The van der Waals surface area contributed by atoms with E-state index in [1.807, 2.05) is 19.9 Å². The van der Waals surface area contributed by atoms with Crippen molar-refractivity contribution in [2.24, 2.45) is 0 Å². The second kappa shape index (κ2) is 3.63. The summed E-state index contributed by atoms with van der Waals surface area (Å²) in [5.41, 5.74) is 6.79. The Morgan fingerprint density at radius 2 is 2.23 bits per heavy atom. The van der Waals surface area contributed by atoms with Gasteiger partial charge in [0, 0.05) is 0 Å². The van der Waals surface area contributed by atoms with Crippen molar-refractivity contribution in [1.29, 1.82) is 5.26 Å². The zero-order valence-corrected chi connectivity index (χ0v) is 8.26. The van der Waals surface area contributed by atoms with Crippen molar-refractivity contribution in [1.82, 2.24) is 4.98 Å². The van der Waals surface area contributed by atoms with Crippen LogP contribution in [0.1, 0.15) is 30.9 Å². The maximum absolute atomic E-state index is 8.82. The number of halogens is 1. The molecule has 3 nitrogen and oxygen atoms in total. The second-order valence-corrected chi connectivity index (χ2v) is 3.43. The zero-order chi connectivity index (χ0) is 10.0. The first-order valence-electron chi connectivity index (χ1n) is 3.92. The number of aromatic nitrogens is 1. The predicted molar refractivity (Wildman–Crippen MR) is 52.5 cm³/mol. The van der Waals surface area contributed by atoms with Gasteiger partial charge in [0.2, 0.25) is 0 Å². The van der Waals surface area contributed by atoms with Gasteiger partial charge in [0.1, 0.15) is 17.0 Å². The third-order valence-electron chi connectivity index (χ3n) is 1.76. The van der Waals surface area contributed by atoms with Crippen LogP contribution in [0, 0.1) is 11.3 Å². The summed E-state index contributed by atoms with van der Waals surface area (Å²) >= 11 is 5.77. The molecule has 2 N–H and O–H groups in total. The summed E-state index contributed by atoms with van der Waals surface area (Å²) in [6.45, 7) is 3.96. The number of anilines is 1. The molecule has 0 bridgehead atoms. The molecule has 4 heteroatoms. The van der Waals surface area contributed by atoms with Crippen molar-refractivity contribution in [3.8, 4) is 6.07 Å². The number of nitriles is 1. The molecule has 0 atom stereocenters. The first-order chi connectivity index (χ1) is 6.06. The summed E-state index contributed by atoms with van der Waals surface area (Å²) in [6, 6.07) is 3.71. The molecule has 0 aliphatic rings. The fourth-order valence-electron chi connectivity index (χ4n) is 1.12. The first kappa shape index (κ1) is 9.82. The van der Waals surface area contributed by atoms with Crippen molar-refractivity contribution in [2.75, 3.05) is 5.73 Å². The van der Waals surface area contributed by atoms with Gasteiger partial charge in [-0.25, -0.2) is 4.98 Å². The number of nitrogens with two attached hydrogens (primary N) is 1. The Bertz CT molecular complexity index is 366. The molecule has 1 rings (SSSR count). The van der Waals surface area contributed by atoms with Gasteiger partial charge in [-0.1, -0.05) is 25.4 Å². The predicted octanol–water partition coefficient (Wildman–Crippen LogP) is 2.31. The molecule has 0 saturated carbocycles. The third kappa shape index (κ3) is 1.90. The van der Waals surface area contributed by atoms with E-state index in [0.717, 1.165) is 5.56 Å². The van der Waals surface area contributed by atoms with E-state index in [-0.39, 0.29) is 11.1 Å². The van der Waals surface area contributed by atoms with Gasteiger partial charge in [-0.15, -0.1) is 0 Å². The molecule has 0 aliphatic heterocycles. The summed E-state index contributed by atoms with van der Waals surface area (Å²) in [6.07, 6.45) is 0. The monoisotopic (exact) mass is 195 g/mol. The lowest BCUT2D eigenvalue weighted by atomic mass is 10.00. The van der Waals surface area contributed by atoms with Crippen molar-refractivity contribution >= 4 is 17.4 Å². The van der Waals surface area contributed by atoms with Crippen LogP contribution >= 0.6 is 11.6 Å². The van der Waals surface area contributed by atoms with Gasteiger partial charge in [-0.3, -0.25) is 0 Å². The van der Waals surface area contributed by atoms with Crippen molar-refractivity contribution in [3.05, 3.63) is 22.3 Å². The van der Waals surface area contributed by atoms with Crippen LogP contribution < -0.4 is 5.73 Å². The van der Waals surface area contributed by atoms with Crippen LogP contribution in [0.25, 0.3) is 0 Å². The molecule has 68 valence electrons. The highest BCUT2D eigenvalue weighted by atomic mass is 35.5. The molecule has 0 fully saturated rings. The SMILES string of the molecule is CC(C)c1cc(N)nc(Cl)c1C#N. The van der Waals surface area contributed by atoms with E-state index in [1.54, 1.807) is 6.07 Å². The Labute approximate surface area is 82.1 Å². The Morgan fingerprint density at radius 1 is 1.62 bits per heavy atom. The molecule has 0 aromatic carbocycles. The van der Waals surface area contributed by atoms with Crippen LogP contribution in [0.15, 0.2) is 6.07 Å². The minimum absolute atomic E-state index is 0.186. The summed E-state index contributed by atoms with van der Waals surface area (Å²) in [4.78, 5) is 3.81. The minimum Gasteiger partial charge on any atom is -0.384 e. The Hall–Kier alpha value is -1.27. The molecule has 0 amide bonds. The van der Waals surface area contributed by atoms with Gasteiger partial charge >= 0.3 is 0 Å². The normalized spacial score (nSPS) is 10.1. The molecule has 0 aliphatic carbocycles. The average molecular weight is 196 g/mol. The van der Waals surface area contributed by atoms with Gasteiger partial charge in [-0.05, 0) is 17.5 Å². The van der Waals surface area contributed by atoms with Crippen LogP contribution in [-0.4, -0.2) is 4.98 Å². The van der Waals surface area contributed by atoms with Crippen LogP contribution in [-0.2, 0) is 0 Å². The highest BCUT2D eigenvalue weighted by Crippen LogP contribution is 2.25. The Morgan fingerprint density at radius 3 is 2.69 bits per heavy atom. The number of nitrogen functional groups attached to an aromatic ring is 1. The van der Waals surface area contributed by atoms with E-state index in [0.29, 0.717) is 11.4 Å². The molecule has 0 radical (unpaired) electrons. The van der Waals surface area contributed by atoms with Gasteiger partial charge in [-0.2, -0.15) is 5.26 Å². The van der Waals surface area contributed by atoms with E-state index in [9.17, 15) is 0 Å². The van der Waals surface area contributed by atoms with E-state index in [1.165, 1.54) is 0 Å². The van der Waals surface area contributed by atoms with Gasteiger partial charge in [0.15, 0.2) is 0 Å². The molecule has 1 aromatic heterocycles. The molecule has 0 saturated heterocycles. The van der Waals surface area contributed by atoms with Crippen LogP contribution in [0.4, 0.5) is 5.82 Å². The fraction of sp³-hybridized carbons (Fsp3) is 0.333. The lowest BCUT2D eigenvalue weighted by Gasteiger charge is -2.09. The highest BCUT2D eigenvalue weighted by Gasteiger charge is 2.12. The maximum Gasteiger partial charge on any atom is 0.149 e. The van der Waals surface area contributed by atoms with Gasteiger partial charge in [0.05, 0.1) is 5.56 Å². The summed E-state index contributed by atoms with van der Waals surface area (Å²) in [5.74, 6) is 0.574. The quantitative estimate of drug-likeness (QED) is 0.700. The van der Waals surface area contributed by atoms with Crippen molar-refractivity contribution in [3.63, 3.8) is 0 Å². The zero-order valence-electron chi connectivity index (χ0n) is 7.50. The Balaban J connectivity index is 3.41. The summed E-state index contributed by atoms with van der Waals surface area (Å²) in [7, 11) is 0. The molecular formula is C9H10ClN3. The number of pyridine rings is 1. The van der Waals surface area contributed by atoms with E-state index in [2.05, 4.69) is 4.98 Å². The number of hydrogen-bond donors (Lipinski definition) is 1. The Kier molecular flexibility index (Phi) is 2.74. The average Bonchev–Trinajstić information content (AvgIpc) is 2.02. The molecule has 0 spiro atoms. The van der Waals surface area contributed by atoms with Gasteiger partial charge in [0.25, 0.3) is 0 Å². The second-order valence-electron chi connectivity index (χ2n) is 3.07. The van der Waals surface area contributed by atoms with Gasteiger partial charge < -0.3 is 5.73 Å².